The lowest BCUT2D eigenvalue weighted by Crippen LogP contribution is -2.20. The summed E-state index contributed by atoms with van der Waals surface area (Å²) < 4.78 is 5.09. The van der Waals surface area contributed by atoms with Crippen LogP contribution in [0.15, 0.2) is 42.5 Å². The Hall–Kier alpha value is -2.73. The van der Waals surface area contributed by atoms with E-state index in [-0.39, 0.29) is 23.7 Å². The van der Waals surface area contributed by atoms with Crippen molar-refractivity contribution in [2.24, 2.45) is 11.8 Å². The molecule has 0 heterocycles. The maximum atomic E-state index is 12.4. The number of benzene rings is 2. The van der Waals surface area contributed by atoms with Crippen LogP contribution in [0.1, 0.15) is 6.42 Å². The van der Waals surface area contributed by atoms with Gasteiger partial charge in [-0.15, -0.1) is 0 Å². The molecule has 0 radical (unpaired) electrons. The van der Waals surface area contributed by atoms with Crippen LogP contribution in [0.5, 0.6) is 5.75 Å². The lowest BCUT2D eigenvalue weighted by molar-refractivity contribution is -0.122. The van der Waals surface area contributed by atoms with E-state index in [1.165, 1.54) is 7.11 Å². The molecule has 1 aliphatic carbocycles. The molecule has 7 heteroatoms. The molecule has 0 aromatic heterocycles. The number of hydrogen-bond acceptors (Lipinski definition) is 4. The van der Waals surface area contributed by atoms with Gasteiger partial charge in [0.2, 0.25) is 11.8 Å². The van der Waals surface area contributed by atoms with Crippen molar-refractivity contribution in [3.63, 3.8) is 0 Å². The number of halogens is 1. The lowest BCUT2D eigenvalue weighted by Gasteiger charge is -2.13. The Morgan fingerprint density at radius 1 is 1.00 bits per heavy atom. The van der Waals surface area contributed by atoms with Crippen LogP contribution < -0.4 is 20.3 Å². The van der Waals surface area contributed by atoms with Crippen LogP contribution >= 0.6 is 11.6 Å². The molecule has 2 atom stereocenters. The van der Waals surface area contributed by atoms with Gasteiger partial charge < -0.3 is 20.3 Å². The topological polar surface area (TPSA) is 70.7 Å². The third kappa shape index (κ3) is 4.52. The molecule has 1 fully saturated rings. The number of carbonyl (C=O) groups is 2. The zero-order valence-electron chi connectivity index (χ0n) is 15.5. The Morgan fingerprint density at radius 3 is 2.07 bits per heavy atom. The summed E-state index contributed by atoms with van der Waals surface area (Å²) in [5, 5.41) is 6.09. The van der Waals surface area contributed by atoms with Crippen molar-refractivity contribution in [2.75, 3.05) is 36.7 Å². The largest absolute Gasteiger partial charge is 0.495 e. The Bertz CT molecular complexity index is 852. The van der Waals surface area contributed by atoms with Gasteiger partial charge >= 0.3 is 0 Å². The van der Waals surface area contributed by atoms with Gasteiger partial charge in [0.15, 0.2) is 0 Å². The van der Waals surface area contributed by atoms with E-state index in [0.717, 1.165) is 11.4 Å². The van der Waals surface area contributed by atoms with Gasteiger partial charge in [-0.25, -0.2) is 0 Å². The van der Waals surface area contributed by atoms with Gasteiger partial charge in [-0.05, 0) is 48.9 Å². The zero-order chi connectivity index (χ0) is 19.6. The molecule has 2 N–H and O–H groups in total. The molecule has 142 valence electrons. The standard InChI is InChI=1S/C20H22ClN3O3/c1-24(2)14-7-4-12(5-8-14)22-19(25)15-11-16(15)20(26)23-13-6-9-18(27-3)17(21)10-13/h4-10,15-16H,11H2,1-3H3,(H,22,25)(H,23,26). The highest BCUT2D eigenvalue weighted by Crippen LogP contribution is 2.40. The van der Waals surface area contributed by atoms with Crippen molar-refractivity contribution in [3.05, 3.63) is 47.5 Å². The number of ether oxygens (including phenoxy) is 1. The highest BCUT2D eigenvalue weighted by atomic mass is 35.5. The Balaban J connectivity index is 1.54. The molecule has 3 rings (SSSR count). The van der Waals surface area contributed by atoms with E-state index in [1.54, 1.807) is 18.2 Å². The fourth-order valence-electron chi connectivity index (χ4n) is 2.83. The summed E-state index contributed by atoms with van der Waals surface area (Å²) in [6.45, 7) is 0. The summed E-state index contributed by atoms with van der Waals surface area (Å²) in [6, 6.07) is 12.6. The fourth-order valence-corrected chi connectivity index (χ4v) is 3.09. The first-order valence-electron chi connectivity index (χ1n) is 8.61. The normalized spacial score (nSPS) is 17.8. The van der Waals surface area contributed by atoms with Gasteiger partial charge in [0, 0.05) is 31.2 Å². The van der Waals surface area contributed by atoms with Gasteiger partial charge in [-0.2, -0.15) is 0 Å². The summed E-state index contributed by atoms with van der Waals surface area (Å²) in [7, 11) is 5.44. The molecule has 2 amide bonds. The minimum absolute atomic E-state index is 0.138. The van der Waals surface area contributed by atoms with E-state index in [2.05, 4.69) is 10.6 Å². The maximum absolute atomic E-state index is 12.4. The number of carbonyl (C=O) groups excluding carboxylic acids is 2. The van der Waals surface area contributed by atoms with Crippen LogP contribution in [0.25, 0.3) is 0 Å². The smallest absolute Gasteiger partial charge is 0.228 e. The van der Waals surface area contributed by atoms with Gasteiger partial charge in [-0.1, -0.05) is 11.6 Å². The average Bonchev–Trinajstić information content (AvgIpc) is 3.43. The molecule has 0 bridgehead atoms. The number of nitrogens with zero attached hydrogens (tertiary/aromatic N) is 1. The molecule has 2 unspecified atom stereocenters. The summed E-state index contributed by atoms with van der Waals surface area (Å²) in [5.74, 6) is -0.419. The highest BCUT2D eigenvalue weighted by Gasteiger charge is 2.48. The molecule has 0 saturated heterocycles. The maximum Gasteiger partial charge on any atom is 0.228 e. The molecule has 2 aromatic rings. The minimum Gasteiger partial charge on any atom is -0.495 e. The summed E-state index contributed by atoms with van der Waals surface area (Å²) in [4.78, 5) is 26.7. The number of nitrogens with one attached hydrogen (secondary N) is 2. The summed E-state index contributed by atoms with van der Waals surface area (Å²) >= 11 is 6.06. The summed E-state index contributed by atoms with van der Waals surface area (Å²) in [6.07, 6.45) is 0.539. The van der Waals surface area contributed by atoms with E-state index < -0.39 is 0 Å². The number of methoxy groups -OCH3 is 1. The van der Waals surface area contributed by atoms with Crippen LogP contribution in [-0.4, -0.2) is 33.0 Å². The van der Waals surface area contributed by atoms with Gasteiger partial charge in [0.25, 0.3) is 0 Å². The van der Waals surface area contributed by atoms with E-state index in [4.69, 9.17) is 16.3 Å². The van der Waals surface area contributed by atoms with E-state index in [1.807, 2.05) is 43.3 Å². The molecule has 1 aliphatic rings. The van der Waals surface area contributed by atoms with Crippen LogP contribution in [0.4, 0.5) is 17.1 Å². The van der Waals surface area contributed by atoms with Crippen molar-refractivity contribution in [1.82, 2.24) is 0 Å². The second kappa shape index (κ2) is 7.88. The lowest BCUT2D eigenvalue weighted by atomic mass is 10.2. The minimum atomic E-state index is -0.327. The number of anilines is 3. The van der Waals surface area contributed by atoms with Gasteiger partial charge in [-0.3, -0.25) is 9.59 Å². The zero-order valence-corrected chi connectivity index (χ0v) is 16.2. The molecule has 6 nitrogen and oxygen atoms in total. The third-order valence-corrected chi connectivity index (χ3v) is 4.83. The predicted octanol–water partition coefficient (Wildman–Crippen LogP) is 3.63. The van der Waals surface area contributed by atoms with Crippen LogP contribution in [0, 0.1) is 11.8 Å². The van der Waals surface area contributed by atoms with Gasteiger partial charge in [0.1, 0.15) is 5.75 Å². The van der Waals surface area contributed by atoms with Crippen molar-refractivity contribution in [1.29, 1.82) is 0 Å². The van der Waals surface area contributed by atoms with Crippen LogP contribution in [0.2, 0.25) is 5.02 Å². The van der Waals surface area contributed by atoms with Crippen molar-refractivity contribution >= 4 is 40.5 Å². The Labute approximate surface area is 163 Å². The Morgan fingerprint density at radius 2 is 1.56 bits per heavy atom. The van der Waals surface area contributed by atoms with Crippen molar-refractivity contribution < 1.29 is 14.3 Å². The third-order valence-electron chi connectivity index (χ3n) is 4.53. The number of hydrogen-bond donors (Lipinski definition) is 2. The van der Waals surface area contributed by atoms with Crippen molar-refractivity contribution in [2.45, 2.75) is 6.42 Å². The molecule has 27 heavy (non-hydrogen) atoms. The average molecular weight is 388 g/mol. The summed E-state index contributed by atoms with van der Waals surface area (Å²) in [5.41, 5.74) is 2.35. The number of amides is 2. The number of rotatable bonds is 6. The van der Waals surface area contributed by atoms with Gasteiger partial charge in [0.05, 0.1) is 24.0 Å². The molecule has 0 spiro atoms. The second-order valence-corrected chi connectivity index (χ2v) is 7.13. The highest BCUT2D eigenvalue weighted by molar-refractivity contribution is 6.32. The van der Waals surface area contributed by atoms with E-state index in [9.17, 15) is 9.59 Å². The fraction of sp³-hybridized carbons (Fsp3) is 0.300. The first kappa shape index (κ1) is 19.0. The monoisotopic (exact) mass is 387 g/mol. The SMILES string of the molecule is COc1ccc(NC(=O)C2CC2C(=O)Nc2ccc(N(C)C)cc2)cc1Cl. The molecular formula is C20H22ClN3O3. The predicted molar refractivity (Wildman–Crippen MR) is 108 cm³/mol. The molecule has 1 saturated carbocycles. The first-order chi connectivity index (χ1) is 12.9. The van der Waals surface area contributed by atoms with Crippen LogP contribution in [-0.2, 0) is 9.59 Å². The molecular weight excluding hydrogens is 366 g/mol. The Kier molecular flexibility index (Phi) is 5.56. The van der Waals surface area contributed by atoms with E-state index in [0.29, 0.717) is 22.9 Å². The quantitative estimate of drug-likeness (QED) is 0.794. The first-order valence-corrected chi connectivity index (χ1v) is 8.99. The second-order valence-electron chi connectivity index (χ2n) is 6.72. The van der Waals surface area contributed by atoms with E-state index >= 15 is 0 Å². The van der Waals surface area contributed by atoms with Crippen molar-refractivity contribution in [3.8, 4) is 5.75 Å². The molecule has 0 aliphatic heterocycles. The van der Waals surface area contributed by atoms with Crippen LogP contribution in [0.3, 0.4) is 0 Å². The molecule has 2 aromatic carbocycles.